The molecule has 0 spiro atoms. The van der Waals surface area contributed by atoms with Gasteiger partial charge in [0.2, 0.25) is 0 Å². The highest BCUT2D eigenvalue weighted by Gasteiger charge is 2.17. The van der Waals surface area contributed by atoms with Crippen LogP contribution in [0, 0.1) is 0 Å². The quantitative estimate of drug-likeness (QED) is 0.744. The maximum atomic E-state index is 4.12. The van der Waals surface area contributed by atoms with Gasteiger partial charge in [0.15, 0.2) is 0 Å². The molecule has 2 N–H and O–H groups in total. The summed E-state index contributed by atoms with van der Waals surface area (Å²) in [6, 6.07) is 0. The van der Waals surface area contributed by atoms with E-state index in [-0.39, 0.29) is 0 Å². The molecule has 0 aliphatic carbocycles. The van der Waals surface area contributed by atoms with E-state index in [2.05, 4.69) is 55.9 Å². The molecule has 0 bridgehead atoms. The molecule has 1 heterocycles. The van der Waals surface area contributed by atoms with Crippen molar-refractivity contribution in [3.8, 4) is 0 Å². The van der Waals surface area contributed by atoms with Gasteiger partial charge in [-0.2, -0.15) is 0 Å². The van der Waals surface area contributed by atoms with Crippen LogP contribution in [-0.4, -0.2) is 7.05 Å². The van der Waals surface area contributed by atoms with Gasteiger partial charge in [0.05, 0.1) is 0 Å². The molecule has 0 atom stereocenters. The maximum Gasteiger partial charge on any atom is 0.0432 e. The largest absolute Gasteiger partial charge is 0.391 e. The summed E-state index contributed by atoms with van der Waals surface area (Å²) >= 11 is 0. The minimum absolute atomic E-state index is 0.895. The highest BCUT2D eigenvalue weighted by atomic mass is 14.9. The SMILES string of the molecule is C=C(/C=C\CC)C1=CC(=C(\C)NC)/C(=C\C)NC1=C. The summed E-state index contributed by atoms with van der Waals surface area (Å²) in [5, 5.41) is 6.54. The molecule has 0 saturated carbocycles. The average molecular weight is 256 g/mol. The van der Waals surface area contributed by atoms with Crippen molar-refractivity contribution in [1.29, 1.82) is 0 Å². The Labute approximate surface area is 117 Å². The topological polar surface area (TPSA) is 24.1 Å². The lowest BCUT2D eigenvalue weighted by Gasteiger charge is -2.25. The van der Waals surface area contributed by atoms with E-state index in [9.17, 15) is 0 Å². The van der Waals surface area contributed by atoms with E-state index in [4.69, 9.17) is 0 Å². The number of allylic oxidation sites excluding steroid dienone is 6. The minimum Gasteiger partial charge on any atom is -0.391 e. The first-order valence-electron chi connectivity index (χ1n) is 6.64. The average Bonchev–Trinajstić information content (AvgIpc) is 2.43. The molecule has 102 valence electrons. The van der Waals surface area contributed by atoms with Crippen LogP contribution in [0.15, 0.2) is 71.3 Å². The van der Waals surface area contributed by atoms with Gasteiger partial charge >= 0.3 is 0 Å². The second kappa shape index (κ2) is 6.83. The summed E-state index contributed by atoms with van der Waals surface area (Å²) in [6.45, 7) is 14.4. The summed E-state index contributed by atoms with van der Waals surface area (Å²) in [4.78, 5) is 0. The molecule has 1 aliphatic heterocycles. The van der Waals surface area contributed by atoms with Crippen molar-refractivity contribution in [2.24, 2.45) is 0 Å². The van der Waals surface area contributed by atoms with E-state index in [0.29, 0.717) is 0 Å². The monoisotopic (exact) mass is 256 g/mol. The molecule has 0 saturated heterocycles. The third kappa shape index (κ3) is 3.50. The van der Waals surface area contributed by atoms with Crippen molar-refractivity contribution in [1.82, 2.24) is 10.6 Å². The van der Waals surface area contributed by atoms with E-state index in [1.54, 1.807) is 0 Å². The summed E-state index contributed by atoms with van der Waals surface area (Å²) in [5.74, 6) is 0. The van der Waals surface area contributed by atoms with E-state index < -0.39 is 0 Å². The fraction of sp³-hybridized carbons (Fsp3) is 0.294. The summed E-state index contributed by atoms with van der Waals surface area (Å²) in [7, 11) is 1.93. The number of hydrogen-bond acceptors (Lipinski definition) is 2. The van der Waals surface area contributed by atoms with Gasteiger partial charge in [0.1, 0.15) is 0 Å². The standard InChI is InChI=1S/C17H24N2/c1-7-9-10-12(3)15-11-16(13(4)18-6)17(8-2)19-14(15)5/h8-11,18-19H,3,5,7H2,1-2,4,6H3/b10-9-,16-13-,17-8+. The van der Waals surface area contributed by atoms with Gasteiger partial charge in [-0.25, -0.2) is 0 Å². The first-order valence-corrected chi connectivity index (χ1v) is 6.64. The van der Waals surface area contributed by atoms with Crippen LogP contribution in [0.4, 0.5) is 0 Å². The molecule has 0 fully saturated rings. The number of rotatable bonds is 4. The molecule has 0 unspecified atom stereocenters. The molecular weight excluding hydrogens is 232 g/mol. The van der Waals surface area contributed by atoms with Gasteiger partial charge in [0.25, 0.3) is 0 Å². The Kier molecular flexibility index (Phi) is 5.43. The zero-order chi connectivity index (χ0) is 14.4. The molecule has 0 aromatic rings. The predicted octanol–water partition coefficient (Wildman–Crippen LogP) is 3.95. The van der Waals surface area contributed by atoms with Gasteiger partial charge in [-0.3, -0.25) is 0 Å². The predicted molar refractivity (Wildman–Crippen MR) is 84.4 cm³/mol. The first-order chi connectivity index (χ1) is 9.04. The number of nitrogens with one attached hydrogen (secondary N) is 2. The molecule has 0 aromatic heterocycles. The number of hydrogen-bond donors (Lipinski definition) is 2. The summed E-state index contributed by atoms with van der Waals surface area (Å²) in [5.41, 5.74) is 6.28. The summed E-state index contributed by atoms with van der Waals surface area (Å²) < 4.78 is 0. The highest BCUT2D eigenvalue weighted by molar-refractivity contribution is 5.60. The Balaban J connectivity index is 3.25. The first kappa shape index (κ1) is 15.1. The second-order valence-electron chi connectivity index (χ2n) is 4.49. The Hall–Kier alpha value is -1.96. The summed E-state index contributed by atoms with van der Waals surface area (Å²) in [6.07, 6.45) is 9.35. The molecule has 0 aromatic carbocycles. The molecule has 0 amide bonds. The van der Waals surface area contributed by atoms with Crippen LogP contribution in [-0.2, 0) is 0 Å². The third-order valence-corrected chi connectivity index (χ3v) is 3.16. The zero-order valence-corrected chi connectivity index (χ0v) is 12.4. The van der Waals surface area contributed by atoms with Crippen LogP contribution in [0.1, 0.15) is 27.2 Å². The van der Waals surface area contributed by atoms with Crippen LogP contribution in [0.2, 0.25) is 0 Å². The second-order valence-corrected chi connectivity index (χ2v) is 4.49. The molecule has 1 aliphatic rings. The van der Waals surface area contributed by atoms with Gasteiger partial charge in [-0.15, -0.1) is 0 Å². The van der Waals surface area contributed by atoms with Crippen molar-refractivity contribution in [3.63, 3.8) is 0 Å². The Bertz CT molecular complexity index is 499. The molecular formula is C17H24N2. The lowest BCUT2D eigenvalue weighted by Crippen LogP contribution is -2.22. The smallest absolute Gasteiger partial charge is 0.0432 e. The van der Waals surface area contributed by atoms with Crippen LogP contribution in [0.3, 0.4) is 0 Å². The van der Waals surface area contributed by atoms with Crippen molar-refractivity contribution in [2.45, 2.75) is 27.2 Å². The lowest BCUT2D eigenvalue weighted by atomic mass is 9.94. The zero-order valence-electron chi connectivity index (χ0n) is 12.4. The van der Waals surface area contributed by atoms with Gasteiger partial charge in [-0.05, 0) is 31.9 Å². The van der Waals surface area contributed by atoms with Gasteiger partial charge in [-0.1, -0.05) is 38.3 Å². The fourth-order valence-corrected chi connectivity index (χ4v) is 1.92. The van der Waals surface area contributed by atoms with Crippen molar-refractivity contribution in [3.05, 3.63) is 71.3 Å². The normalized spacial score (nSPS) is 20.3. The molecule has 0 radical (unpaired) electrons. The van der Waals surface area contributed by atoms with Crippen molar-refractivity contribution in [2.75, 3.05) is 7.05 Å². The van der Waals surface area contributed by atoms with Crippen LogP contribution >= 0.6 is 0 Å². The minimum atomic E-state index is 0.895. The van der Waals surface area contributed by atoms with Crippen LogP contribution in [0.5, 0.6) is 0 Å². The van der Waals surface area contributed by atoms with Gasteiger partial charge in [0, 0.05) is 35.3 Å². The van der Waals surface area contributed by atoms with E-state index in [1.807, 2.05) is 20.0 Å². The van der Waals surface area contributed by atoms with Crippen LogP contribution in [0.25, 0.3) is 0 Å². The Morgan fingerprint density at radius 1 is 1.47 bits per heavy atom. The maximum absolute atomic E-state index is 4.12. The molecule has 1 rings (SSSR count). The fourth-order valence-electron chi connectivity index (χ4n) is 1.92. The Morgan fingerprint density at radius 3 is 2.68 bits per heavy atom. The van der Waals surface area contributed by atoms with E-state index >= 15 is 0 Å². The third-order valence-electron chi connectivity index (χ3n) is 3.16. The molecule has 2 nitrogen and oxygen atoms in total. The van der Waals surface area contributed by atoms with E-state index in [0.717, 1.165) is 40.2 Å². The molecule has 2 heteroatoms. The molecule has 19 heavy (non-hydrogen) atoms. The van der Waals surface area contributed by atoms with Crippen molar-refractivity contribution < 1.29 is 0 Å². The van der Waals surface area contributed by atoms with E-state index in [1.165, 1.54) is 0 Å². The van der Waals surface area contributed by atoms with Gasteiger partial charge < -0.3 is 10.6 Å². The van der Waals surface area contributed by atoms with Crippen molar-refractivity contribution >= 4 is 0 Å². The lowest BCUT2D eigenvalue weighted by molar-refractivity contribution is 0.917. The highest BCUT2D eigenvalue weighted by Crippen LogP contribution is 2.28. The van der Waals surface area contributed by atoms with Crippen LogP contribution < -0.4 is 10.6 Å². The Morgan fingerprint density at radius 2 is 2.16 bits per heavy atom.